The Bertz CT molecular complexity index is 244. The van der Waals surface area contributed by atoms with Crippen LogP contribution >= 0.6 is 0 Å². The smallest absolute Gasteiger partial charge is 0.152 e. The molecule has 19 heavy (non-hydrogen) atoms. The van der Waals surface area contributed by atoms with E-state index in [0.717, 1.165) is 32.1 Å². The monoisotopic (exact) mass is 267 g/mol. The molecular formula is C17H33NO. The largest absolute Gasteiger partial charge is 0.319 e. The lowest BCUT2D eigenvalue weighted by Gasteiger charge is -2.31. The van der Waals surface area contributed by atoms with Gasteiger partial charge in [-0.15, -0.1) is 0 Å². The topological polar surface area (TPSA) is 43.1 Å². The molecule has 1 rings (SSSR count). The molecule has 1 saturated carbocycles. The number of rotatable bonds is 10. The normalized spacial score (nSPS) is 18.4. The van der Waals surface area contributed by atoms with Crippen molar-refractivity contribution in [2.24, 2.45) is 5.73 Å². The second-order valence-electron chi connectivity index (χ2n) is 6.36. The maximum absolute atomic E-state index is 12.2. The first-order valence-corrected chi connectivity index (χ1v) is 8.51. The molecule has 1 fully saturated rings. The lowest BCUT2D eigenvalue weighted by molar-refractivity contribution is -0.125. The van der Waals surface area contributed by atoms with Crippen molar-refractivity contribution in [1.82, 2.24) is 0 Å². The fourth-order valence-electron chi connectivity index (χ4n) is 3.13. The summed E-state index contributed by atoms with van der Waals surface area (Å²) in [5.41, 5.74) is 5.79. The van der Waals surface area contributed by atoms with Gasteiger partial charge in [-0.1, -0.05) is 71.1 Å². The van der Waals surface area contributed by atoms with Gasteiger partial charge in [-0.3, -0.25) is 4.79 Å². The van der Waals surface area contributed by atoms with Gasteiger partial charge in [0, 0.05) is 6.42 Å². The molecule has 1 aliphatic rings. The molecule has 2 N–H and O–H groups in total. The number of hydrogen-bond acceptors (Lipinski definition) is 2. The van der Waals surface area contributed by atoms with E-state index >= 15 is 0 Å². The zero-order valence-corrected chi connectivity index (χ0v) is 12.9. The molecule has 0 aromatic heterocycles. The molecule has 0 bridgehead atoms. The van der Waals surface area contributed by atoms with E-state index in [-0.39, 0.29) is 0 Å². The summed E-state index contributed by atoms with van der Waals surface area (Å²) >= 11 is 0. The average Bonchev–Trinajstić information content (AvgIpc) is 2.42. The minimum atomic E-state index is -0.459. The second kappa shape index (κ2) is 9.52. The molecule has 2 heteroatoms. The molecule has 0 aliphatic heterocycles. The van der Waals surface area contributed by atoms with Crippen molar-refractivity contribution in [1.29, 1.82) is 0 Å². The first-order valence-electron chi connectivity index (χ1n) is 8.51. The zero-order valence-electron chi connectivity index (χ0n) is 12.9. The van der Waals surface area contributed by atoms with Crippen molar-refractivity contribution >= 4 is 5.78 Å². The Labute approximate surface area is 119 Å². The molecule has 0 spiro atoms. The van der Waals surface area contributed by atoms with E-state index in [2.05, 4.69) is 6.92 Å². The predicted molar refractivity (Wildman–Crippen MR) is 82.2 cm³/mol. The van der Waals surface area contributed by atoms with Gasteiger partial charge in [0.1, 0.15) is 0 Å². The Morgan fingerprint density at radius 2 is 1.42 bits per heavy atom. The summed E-state index contributed by atoms with van der Waals surface area (Å²) in [6.45, 7) is 2.25. The van der Waals surface area contributed by atoms with E-state index in [9.17, 15) is 4.79 Å². The highest BCUT2D eigenvalue weighted by atomic mass is 16.1. The van der Waals surface area contributed by atoms with Gasteiger partial charge in [0.15, 0.2) is 5.78 Å². The zero-order chi connectivity index (χ0) is 14.0. The van der Waals surface area contributed by atoms with Crippen LogP contribution in [0.1, 0.15) is 96.8 Å². The first-order chi connectivity index (χ1) is 9.19. The summed E-state index contributed by atoms with van der Waals surface area (Å²) < 4.78 is 0. The molecule has 0 atom stereocenters. The van der Waals surface area contributed by atoms with Crippen LogP contribution in [0.25, 0.3) is 0 Å². The Morgan fingerprint density at radius 1 is 0.895 bits per heavy atom. The minimum Gasteiger partial charge on any atom is -0.319 e. The highest BCUT2D eigenvalue weighted by Crippen LogP contribution is 2.28. The quantitative estimate of drug-likeness (QED) is 0.580. The molecule has 1 aliphatic carbocycles. The van der Waals surface area contributed by atoms with Crippen LogP contribution in [0.3, 0.4) is 0 Å². The fourth-order valence-corrected chi connectivity index (χ4v) is 3.13. The summed E-state index contributed by atoms with van der Waals surface area (Å²) in [6, 6.07) is 0. The summed E-state index contributed by atoms with van der Waals surface area (Å²) in [5, 5.41) is 0. The molecule has 0 aromatic rings. The third-order valence-corrected chi connectivity index (χ3v) is 4.56. The average molecular weight is 267 g/mol. The second-order valence-corrected chi connectivity index (χ2v) is 6.36. The van der Waals surface area contributed by atoms with E-state index in [1.54, 1.807) is 0 Å². The van der Waals surface area contributed by atoms with Crippen LogP contribution in [0.15, 0.2) is 0 Å². The molecule has 0 aromatic carbocycles. The van der Waals surface area contributed by atoms with Crippen LogP contribution in [-0.2, 0) is 4.79 Å². The fraction of sp³-hybridized carbons (Fsp3) is 0.941. The van der Waals surface area contributed by atoms with Gasteiger partial charge < -0.3 is 5.73 Å². The first kappa shape index (κ1) is 16.7. The summed E-state index contributed by atoms with van der Waals surface area (Å²) in [4.78, 5) is 12.2. The van der Waals surface area contributed by atoms with Crippen molar-refractivity contribution in [3.8, 4) is 0 Å². The van der Waals surface area contributed by atoms with Gasteiger partial charge in [-0.25, -0.2) is 0 Å². The van der Waals surface area contributed by atoms with Crippen LogP contribution in [0.5, 0.6) is 0 Å². The minimum absolute atomic E-state index is 0.332. The number of nitrogens with two attached hydrogens (primary N) is 1. The molecule has 0 unspecified atom stereocenters. The molecule has 0 amide bonds. The van der Waals surface area contributed by atoms with Crippen molar-refractivity contribution < 1.29 is 4.79 Å². The number of carbonyl (C=O) groups is 1. The Morgan fingerprint density at radius 3 is 2.00 bits per heavy atom. The van der Waals surface area contributed by atoms with Gasteiger partial charge in [0.25, 0.3) is 0 Å². The van der Waals surface area contributed by atoms with Gasteiger partial charge >= 0.3 is 0 Å². The molecule has 2 nitrogen and oxygen atoms in total. The molecule has 0 radical (unpaired) electrons. The van der Waals surface area contributed by atoms with Crippen molar-refractivity contribution in [2.45, 2.75) is 102 Å². The lowest BCUT2D eigenvalue weighted by atomic mass is 9.78. The summed E-state index contributed by atoms with van der Waals surface area (Å²) in [5.74, 6) is 0.332. The van der Waals surface area contributed by atoms with Crippen LogP contribution < -0.4 is 5.73 Å². The van der Waals surface area contributed by atoms with Crippen molar-refractivity contribution in [3.05, 3.63) is 0 Å². The van der Waals surface area contributed by atoms with Crippen molar-refractivity contribution in [3.63, 3.8) is 0 Å². The van der Waals surface area contributed by atoms with Crippen LogP contribution in [0.4, 0.5) is 0 Å². The summed E-state index contributed by atoms with van der Waals surface area (Å²) in [6.07, 6.45) is 16.4. The SMILES string of the molecule is CCCCCCCCCCC(=O)C1(N)CCCCC1. The maximum Gasteiger partial charge on any atom is 0.152 e. The number of unbranched alkanes of at least 4 members (excludes halogenated alkanes) is 7. The predicted octanol–water partition coefficient (Wildman–Crippen LogP) is 4.75. The van der Waals surface area contributed by atoms with Crippen LogP contribution in [-0.4, -0.2) is 11.3 Å². The van der Waals surface area contributed by atoms with E-state index in [4.69, 9.17) is 5.73 Å². The Balaban J connectivity index is 2.01. The molecule has 0 heterocycles. The van der Waals surface area contributed by atoms with Gasteiger partial charge in [-0.05, 0) is 19.3 Å². The molecule has 112 valence electrons. The van der Waals surface area contributed by atoms with E-state index in [0.29, 0.717) is 12.2 Å². The molecule has 0 saturated heterocycles. The highest BCUT2D eigenvalue weighted by Gasteiger charge is 2.33. The van der Waals surface area contributed by atoms with Gasteiger partial charge in [-0.2, -0.15) is 0 Å². The number of hydrogen-bond donors (Lipinski definition) is 1. The van der Waals surface area contributed by atoms with Gasteiger partial charge in [0.2, 0.25) is 0 Å². The number of ketones is 1. The van der Waals surface area contributed by atoms with Gasteiger partial charge in [0.05, 0.1) is 5.54 Å². The number of Topliss-reactive ketones (excluding diaryl/α,β-unsaturated/α-hetero) is 1. The van der Waals surface area contributed by atoms with Crippen LogP contribution in [0.2, 0.25) is 0 Å². The standard InChI is InChI=1S/C17H33NO/c1-2-3-4-5-6-7-8-10-13-16(19)17(18)14-11-9-12-15-17/h2-15,18H2,1H3. The van der Waals surface area contributed by atoms with E-state index < -0.39 is 5.54 Å². The third kappa shape index (κ3) is 6.56. The van der Waals surface area contributed by atoms with E-state index in [1.807, 2.05) is 0 Å². The molecular weight excluding hydrogens is 234 g/mol. The highest BCUT2D eigenvalue weighted by molar-refractivity contribution is 5.88. The summed E-state index contributed by atoms with van der Waals surface area (Å²) in [7, 11) is 0. The van der Waals surface area contributed by atoms with Crippen molar-refractivity contribution in [2.75, 3.05) is 0 Å². The lowest BCUT2D eigenvalue weighted by Crippen LogP contribution is -2.49. The number of carbonyl (C=O) groups excluding carboxylic acids is 1. The van der Waals surface area contributed by atoms with E-state index in [1.165, 1.54) is 51.4 Å². The Hall–Kier alpha value is -0.370. The maximum atomic E-state index is 12.2. The Kier molecular flexibility index (Phi) is 8.36. The van der Waals surface area contributed by atoms with Crippen LogP contribution in [0, 0.1) is 0 Å². The third-order valence-electron chi connectivity index (χ3n) is 4.56.